The van der Waals surface area contributed by atoms with Gasteiger partial charge in [0.05, 0.1) is 13.2 Å². The van der Waals surface area contributed by atoms with Crippen LogP contribution in [0, 0.1) is 0 Å². The van der Waals surface area contributed by atoms with Crippen molar-refractivity contribution in [3.05, 3.63) is 94.1 Å². The first-order valence-electron chi connectivity index (χ1n) is 12.2. The highest BCUT2D eigenvalue weighted by Gasteiger charge is 2.32. The van der Waals surface area contributed by atoms with Gasteiger partial charge in [-0.25, -0.2) is 9.55 Å². The fraction of sp³-hybridized carbons (Fsp3) is 0.296. The standard InChI is InChI=1S/C27H31ClN3O7P/c1-5-36-39(33,37-6-2)38-25(19-12-8-7-9-13-19)21-16-23(28)27(30-17-21)35-18-20-14-10-11-15-22(20)24(31-34-4)26(32)29-3/h7-17,25H,5-6,18H2,1-4H3,(H,29,32)/b31-24+. The largest absolute Gasteiger partial charge is 0.475 e. The molecule has 0 bridgehead atoms. The van der Waals surface area contributed by atoms with Crippen LogP contribution in [0.25, 0.3) is 0 Å². The summed E-state index contributed by atoms with van der Waals surface area (Å²) in [6, 6.07) is 17.9. The third-order valence-corrected chi connectivity index (χ3v) is 7.19. The Morgan fingerprint density at radius 3 is 2.33 bits per heavy atom. The smallest absolute Gasteiger partial charge is 0.472 e. The van der Waals surface area contributed by atoms with Crippen LogP contribution in [-0.2, 0) is 34.4 Å². The lowest BCUT2D eigenvalue weighted by Crippen LogP contribution is -2.29. The Bertz CT molecular complexity index is 1310. The molecule has 3 rings (SSSR count). The molecule has 0 aliphatic heterocycles. The molecule has 0 spiro atoms. The number of oxime groups is 1. The van der Waals surface area contributed by atoms with Crippen LogP contribution < -0.4 is 10.1 Å². The first-order chi connectivity index (χ1) is 18.9. The molecule has 2 aromatic carbocycles. The maximum absolute atomic E-state index is 13.2. The summed E-state index contributed by atoms with van der Waals surface area (Å²) in [6.45, 7) is 3.73. The van der Waals surface area contributed by atoms with Gasteiger partial charge in [0.15, 0.2) is 5.71 Å². The maximum atomic E-state index is 13.2. The summed E-state index contributed by atoms with van der Waals surface area (Å²) in [6.07, 6.45) is 0.685. The third kappa shape index (κ3) is 8.11. The highest BCUT2D eigenvalue weighted by molar-refractivity contribution is 7.48. The molecule has 0 aliphatic carbocycles. The number of rotatable bonds is 14. The second-order valence-electron chi connectivity index (χ2n) is 7.88. The Kier molecular flexibility index (Phi) is 11.5. The molecule has 1 aromatic heterocycles. The Morgan fingerprint density at radius 2 is 1.72 bits per heavy atom. The molecule has 0 saturated heterocycles. The van der Waals surface area contributed by atoms with Crippen molar-refractivity contribution in [1.82, 2.24) is 10.3 Å². The second kappa shape index (κ2) is 14.8. The molecule has 1 N–H and O–H groups in total. The lowest BCUT2D eigenvalue weighted by Gasteiger charge is -2.24. The minimum Gasteiger partial charge on any atom is -0.472 e. The summed E-state index contributed by atoms with van der Waals surface area (Å²) >= 11 is 6.56. The lowest BCUT2D eigenvalue weighted by atomic mass is 10.0. The van der Waals surface area contributed by atoms with Gasteiger partial charge in [0.2, 0.25) is 5.88 Å². The van der Waals surface area contributed by atoms with Crippen LogP contribution in [0.1, 0.15) is 42.2 Å². The van der Waals surface area contributed by atoms with Gasteiger partial charge in [-0.2, -0.15) is 0 Å². The van der Waals surface area contributed by atoms with Gasteiger partial charge < -0.3 is 14.9 Å². The lowest BCUT2D eigenvalue weighted by molar-refractivity contribution is -0.114. The van der Waals surface area contributed by atoms with Crippen molar-refractivity contribution in [3.8, 4) is 5.88 Å². The van der Waals surface area contributed by atoms with Gasteiger partial charge in [-0.1, -0.05) is 71.4 Å². The molecule has 0 fully saturated rings. The van der Waals surface area contributed by atoms with Crippen LogP contribution in [0.2, 0.25) is 5.02 Å². The number of ether oxygens (including phenoxy) is 1. The number of benzene rings is 2. The van der Waals surface area contributed by atoms with E-state index in [1.54, 1.807) is 38.1 Å². The van der Waals surface area contributed by atoms with Gasteiger partial charge in [0.25, 0.3) is 5.91 Å². The number of halogens is 1. The van der Waals surface area contributed by atoms with Crippen LogP contribution in [0.3, 0.4) is 0 Å². The quantitative estimate of drug-likeness (QED) is 0.148. The zero-order valence-electron chi connectivity index (χ0n) is 22.1. The van der Waals surface area contributed by atoms with E-state index >= 15 is 0 Å². The van der Waals surface area contributed by atoms with Crippen molar-refractivity contribution in [2.75, 3.05) is 27.4 Å². The average Bonchev–Trinajstić information content (AvgIpc) is 2.94. The molecule has 0 radical (unpaired) electrons. The van der Waals surface area contributed by atoms with E-state index in [-0.39, 0.29) is 36.4 Å². The monoisotopic (exact) mass is 575 g/mol. The molecule has 1 heterocycles. The van der Waals surface area contributed by atoms with E-state index in [0.29, 0.717) is 22.3 Å². The number of nitrogens with zero attached hydrogens (tertiary/aromatic N) is 2. The number of phosphoric acid groups is 1. The predicted molar refractivity (Wildman–Crippen MR) is 148 cm³/mol. The molecule has 1 amide bonds. The number of hydrogen-bond donors (Lipinski definition) is 1. The zero-order chi connectivity index (χ0) is 28.3. The topological polar surface area (TPSA) is 118 Å². The molecule has 1 unspecified atom stereocenters. The van der Waals surface area contributed by atoms with E-state index in [9.17, 15) is 9.36 Å². The Morgan fingerprint density at radius 1 is 1.05 bits per heavy atom. The number of phosphoric ester groups is 1. The number of hydrogen-bond acceptors (Lipinski definition) is 9. The fourth-order valence-corrected chi connectivity index (χ4v) is 5.18. The molecule has 1 atom stereocenters. The Labute approximate surface area is 232 Å². The zero-order valence-corrected chi connectivity index (χ0v) is 23.8. The number of aromatic nitrogens is 1. The summed E-state index contributed by atoms with van der Waals surface area (Å²) in [5, 5.41) is 6.61. The van der Waals surface area contributed by atoms with Gasteiger partial charge in [-0.3, -0.25) is 18.4 Å². The van der Waals surface area contributed by atoms with Crippen molar-refractivity contribution >= 4 is 31.0 Å². The number of carbonyl (C=O) groups is 1. The van der Waals surface area contributed by atoms with Crippen LogP contribution in [0.15, 0.2) is 72.0 Å². The van der Waals surface area contributed by atoms with E-state index in [1.165, 1.54) is 20.4 Å². The van der Waals surface area contributed by atoms with Crippen molar-refractivity contribution < 1.29 is 32.5 Å². The van der Waals surface area contributed by atoms with Crippen LogP contribution in [0.5, 0.6) is 5.88 Å². The molecule has 0 saturated carbocycles. The van der Waals surface area contributed by atoms with E-state index in [0.717, 1.165) is 0 Å². The fourth-order valence-electron chi connectivity index (χ4n) is 3.62. The predicted octanol–water partition coefficient (Wildman–Crippen LogP) is 5.70. The molecule has 3 aromatic rings. The minimum atomic E-state index is -3.87. The number of nitrogens with one attached hydrogen (secondary N) is 1. The highest BCUT2D eigenvalue weighted by Crippen LogP contribution is 2.54. The second-order valence-corrected chi connectivity index (χ2v) is 9.91. The summed E-state index contributed by atoms with van der Waals surface area (Å²) in [5.74, 6) is -0.252. The Balaban J connectivity index is 1.89. The SMILES string of the molecule is CCOP(=O)(OCC)OC(c1ccccc1)c1cnc(OCc2ccccc2/C(=N\OC)C(=O)NC)c(Cl)c1. The average molecular weight is 576 g/mol. The normalized spacial score (nSPS) is 12.6. The van der Waals surface area contributed by atoms with Crippen LogP contribution >= 0.6 is 19.4 Å². The van der Waals surface area contributed by atoms with Crippen molar-refractivity contribution in [3.63, 3.8) is 0 Å². The van der Waals surface area contributed by atoms with Gasteiger partial charge in [0.1, 0.15) is 24.8 Å². The maximum Gasteiger partial charge on any atom is 0.475 e. The molecular weight excluding hydrogens is 545 g/mol. The van der Waals surface area contributed by atoms with E-state index in [2.05, 4.69) is 15.5 Å². The summed E-state index contributed by atoms with van der Waals surface area (Å²) in [4.78, 5) is 21.6. The van der Waals surface area contributed by atoms with Crippen molar-refractivity contribution in [1.29, 1.82) is 0 Å². The van der Waals surface area contributed by atoms with Gasteiger partial charge in [0, 0.05) is 24.4 Å². The Hall–Kier alpha value is -3.27. The molecule has 0 aliphatic rings. The molecule has 208 valence electrons. The first kappa shape index (κ1) is 30.3. The molecule has 39 heavy (non-hydrogen) atoms. The van der Waals surface area contributed by atoms with E-state index in [1.807, 2.05) is 36.4 Å². The summed E-state index contributed by atoms with van der Waals surface area (Å²) < 4.78 is 35.7. The van der Waals surface area contributed by atoms with Crippen LogP contribution in [-0.4, -0.2) is 44.0 Å². The molecule has 10 nitrogen and oxygen atoms in total. The van der Waals surface area contributed by atoms with Crippen molar-refractivity contribution in [2.45, 2.75) is 26.6 Å². The van der Waals surface area contributed by atoms with Crippen LogP contribution in [0.4, 0.5) is 0 Å². The highest BCUT2D eigenvalue weighted by atomic mass is 35.5. The van der Waals surface area contributed by atoms with E-state index < -0.39 is 19.8 Å². The van der Waals surface area contributed by atoms with Crippen molar-refractivity contribution in [2.24, 2.45) is 5.16 Å². The number of likely N-dealkylation sites (N-methyl/N-ethyl adjacent to an activating group) is 1. The van der Waals surface area contributed by atoms with Gasteiger partial charge >= 0.3 is 7.82 Å². The molecule has 12 heteroatoms. The first-order valence-corrected chi connectivity index (χ1v) is 14.0. The number of pyridine rings is 1. The van der Waals surface area contributed by atoms with Gasteiger partial charge in [-0.15, -0.1) is 0 Å². The van der Waals surface area contributed by atoms with Gasteiger partial charge in [-0.05, 0) is 31.0 Å². The summed E-state index contributed by atoms with van der Waals surface area (Å²) in [5.41, 5.74) is 2.53. The minimum absolute atomic E-state index is 0.0461. The summed E-state index contributed by atoms with van der Waals surface area (Å²) in [7, 11) is -1.01. The number of amides is 1. The van der Waals surface area contributed by atoms with E-state index in [4.69, 9.17) is 34.7 Å². The number of carbonyl (C=O) groups excluding carboxylic acids is 1. The molecular formula is C27H31ClN3O7P. The third-order valence-electron chi connectivity index (χ3n) is 5.30.